The Morgan fingerprint density at radius 1 is 1.29 bits per heavy atom. The fraction of sp³-hybridized carbons (Fsp3) is 0.571. The SMILES string of the molecule is CN(C)C1(CN(C)S(=O)(=O)c2ccc(N)c(Cl)c2)CCC1. The molecule has 2 rings (SSSR count). The van der Waals surface area contributed by atoms with Crippen molar-refractivity contribution in [2.24, 2.45) is 0 Å². The van der Waals surface area contributed by atoms with Crippen LogP contribution in [0.1, 0.15) is 19.3 Å². The fourth-order valence-corrected chi connectivity index (χ4v) is 4.20. The standard InChI is InChI=1S/C14H22ClN3O2S/c1-17(2)14(7-4-8-14)10-18(3)21(19,20)11-5-6-13(16)12(15)9-11/h5-6,9H,4,7-8,10,16H2,1-3H3. The van der Waals surface area contributed by atoms with Crippen LogP contribution < -0.4 is 5.73 Å². The van der Waals surface area contributed by atoms with Crippen molar-refractivity contribution in [3.8, 4) is 0 Å². The van der Waals surface area contributed by atoms with Crippen molar-refractivity contribution in [3.63, 3.8) is 0 Å². The molecule has 1 aliphatic rings. The highest BCUT2D eigenvalue weighted by molar-refractivity contribution is 7.89. The Morgan fingerprint density at radius 3 is 2.33 bits per heavy atom. The van der Waals surface area contributed by atoms with Crippen LogP contribution in [0.2, 0.25) is 5.02 Å². The van der Waals surface area contributed by atoms with E-state index < -0.39 is 10.0 Å². The Bertz CT molecular complexity index is 627. The minimum atomic E-state index is -3.55. The number of nitrogens with zero attached hydrogens (tertiary/aromatic N) is 2. The summed E-state index contributed by atoms with van der Waals surface area (Å²) in [5, 5.41) is 0.260. The second-order valence-electron chi connectivity index (χ2n) is 5.92. The third-order valence-electron chi connectivity index (χ3n) is 4.43. The van der Waals surface area contributed by atoms with Gasteiger partial charge in [0, 0.05) is 19.1 Å². The van der Waals surface area contributed by atoms with Crippen LogP contribution in [-0.2, 0) is 10.0 Å². The molecule has 1 saturated carbocycles. The summed E-state index contributed by atoms with van der Waals surface area (Å²) in [5.74, 6) is 0. The Morgan fingerprint density at radius 2 is 1.90 bits per heavy atom. The lowest BCUT2D eigenvalue weighted by Crippen LogP contribution is -2.57. The van der Waals surface area contributed by atoms with Gasteiger partial charge in [-0.2, -0.15) is 4.31 Å². The van der Waals surface area contributed by atoms with Gasteiger partial charge in [-0.3, -0.25) is 0 Å². The summed E-state index contributed by atoms with van der Waals surface area (Å²) >= 11 is 5.93. The Hall–Kier alpha value is -0.820. The van der Waals surface area contributed by atoms with Crippen molar-refractivity contribution in [2.75, 3.05) is 33.4 Å². The zero-order valence-electron chi connectivity index (χ0n) is 12.6. The highest BCUT2D eigenvalue weighted by Crippen LogP contribution is 2.37. The first-order chi connectivity index (χ1) is 9.69. The number of anilines is 1. The van der Waals surface area contributed by atoms with Gasteiger partial charge in [0.05, 0.1) is 15.6 Å². The molecule has 1 aliphatic carbocycles. The molecule has 0 bridgehead atoms. The molecule has 0 radical (unpaired) electrons. The normalized spacial score (nSPS) is 18.0. The predicted octanol–water partition coefficient (Wildman–Crippen LogP) is 2.03. The molecule has 5 nitrogen and oxygen atoms in total. The first-order valence-corrected chi connectivity index (χ1v) is 8.70. The minimum absolute atomic E-state index is 0.0561. The number of nitrogen functional groups attached to an aromatic ring is 1. The van der Waals surface area contributed by atoms with E-state index in [0.29, 0.717) is 12.2 Å². The first-order valence-electron chi connectivity index (χ1n) is 6.88. The van der Waals surface area contributed by atoms with Gasteiger partial charge in [-0.25, -0.2) is 8.42 Å². The summed E-state index contributed by atoms with van der Waals surface area (Å²) in [5.41, 5.74) is 5.95. The molecule has 7 heteroatoms. The number of sulfonamides is 1. The van der Waals surface area contributed by atoms with E-state index in [1.165, 1.54) is 22.5 Å². The van der Waals surface area contributed by atoms with Crippen molar-refractivity contribution >= 4 is 27.3 Å². The molecule has 2 N–H and O–H groups in total. The average molecular weight is 332 g/mol. The van der Waals surface area contributed by atoms with E-state index in [4.69, 9.17) is 17.3 Å². The van der Waals surface area contributed by atoms with E-state index in [-0.39, 0.29) is 15.5 Å². The maximum atomic E-state index is 12.6. The van der Waals surface area contributed by atoms with E-state index in [2.05, 4.69) is 4.90 Å². The van der Waals surface area contributed by atoms with Crippen LogP contribution in [0.15, 0.2) is 23.1 Å². The van der Waals surface area contributed by atoms with Crippen molar-refractivity contribution in [3.05, 3.63) is 23.2 Å². The van der Waals surface area contributed by atoms with E-state index in [9.17, 15) is 8.42 Å². The van der Waals surface area contributed by atoms with Crippen molar-refractivity contribution < 1.29 is 8.42 Å². The van der Waals surface area contributed by atoms with Gasteiger partial charge in [-0.05, 0) is 51.6 Å². The highest BCUT2D eigenvalue weighted by atomic mass is 35.5. The molecular formula is C14H22ClN3O2S. The maximum absolute atomic E-state index is 12.6. The summed E-state index contributed by atoms with van der Waals surface area (Å²) in [6.07, 6.45) is 3.17. The maximum Gasteiger partial charge on any atom is 0.242 e. The van der Waals surface area contributed by atoms with Gasteiger partial charge < -0.3 is 10.6 Å². The van der Waals surface area contributed by atoms with E-state index in [0.717, 1.165) is 19.3 Å². The molecule has 21 heavy (non-hydrogen) atoms. The summed E-state index contributed by atoms with van der Waals surface area (Å²) in [6, 6.07) is 4.43. The Kier molecular flexibility index (Phi) is 4.54. The fourth-order valence-electron chi connectivity index (χ4n) is 2.68. The Labute approximate surface area is 131 Å². The van der Waals surface area contributed by atoms with Gasteiger partial charge in [0.25, 0.3) is 0 Å². The largest absolute Gasteiger partial charge is 0.398 e. The zero-order valence-corrected chi connectivity index (χ0v) is 14.2. The average Bonchev–Trinajstić information content (AvgIpc) is 2.36. The van der Waals surface area contributed by atoms with Gasteiger partial charge in [-0.15, -0.1) is 0 Å². The third-order valence-corrected chi connectivity index (χ3v) is 6.56. The molecule has 0 amide bonds. The van der Waals surface area contributed by atoms with Crippen LogP contribution in [0.4, 0.5) is 5.69 Å². The molecule has 0 unspecified atom stereocenters. The summed E-state index contributed by atoms with van der Waals surface area (Å²) in [6.45, 7) is 0.477. The molecule has 0 aromatic heterocycles. The lowest BCUT2D eigenvalue weighted by molar-refractivity contribution is 0.0455. The number of hydrogen-bond donors (Lipinski definition) is 1. The molecule has 1 aromatic rings. The number of halogens is 1. The molecular weight excluding hydrogens is 310 g/mol. The van der Waals surface area contributed by atoms with Gasteiger partial charge in [0.15, 0.2) is 0 Å². The van der Waals surface area contributed by atoms with Crippen molar-refractivity contribution in [2.45, 2.75) is 29.7 Å². The van der Waals surface area contributed by atoms with Crippen molar-refractivity contribution in [1.29, 1.82) is 0 Å². The van der Waals surface area contributed by atoms with Gasteiger partial charge in [0.1, 0.15) is 0 Å². The second kappa shape index (κ2) is 5.76. The number of hydrogen-bond acceptors (Lipinski definition) is 4. The number of benzene rings is 1. The van der Waals surface area contributed by atoms with E-state index in [1.807, 2.05) is 14.1 Å². The highest BCUT2D eigenvalue weighted by Gasteiger charge is 2.42. The molecule has 0 heterocycles. The van der Waals surface area contributed by atoms with Crippen LogP contribution in [-0.4, -0.2) is 50.8 Å². The summed E-state index contributed by atoms with van der Waals surface area (Å²) < 4.78 is 26.7. The topological polar surface area (TPSA) is 66.6 Å². The zero-order chi connectivity index (χ0) is 15.8. The summed E-state index contributed by atoms with van der Waals surface area (Å²) in [4.78, 5) is 2.30. The molecule has 0 saturated heterocycles. The summed E-state index contributed by atoms with van der Waals surface area (Å²) in [7, 11) is 2.06. The molecule has 0 spiro atoms. The van der Waals surface area contributed by atoms with Crippen LogP contribution in [0.5, 0.6) is 0 Å². The first kappa shape index (κ1) is 16.5. The lowest BCUT2D eigenvalue weighted by atomic mass is 9.75. The third kappa shape index (κ3) is 3.04. The molecule has 1 aromatic carbocycles. The van der Waals surface area contributed by atoms with E-state index >= 15 is 0 Å². The van der Waals surface area contributed by atoms with Crippen molar-refractivity contribution in [1.82, 2.24) is 9.21 Å². The monoisotopic (exact) mass is 331 g/mol. The molecule has 0 aliphatic heterocycles. The lowest BCUT2D eigenvalue weighted by Gasteiger charge is -2.48. The predicted molar refractivity (Wildman–Crippen MR) is 85.9 cm³/mol. The van der Waals surface area contributed by atoms with Gasteiger partial charge in [0.2, 0.25) is 10.0 Å². The van der Waals surface area contributed by atoms with Gasteiger partial charge >= 0.3 is 0 Å². The molecule has 118 valence electrons. The molecule has 0 atom stereocenters. The van der Waals surface area contributed by atoms with Crippen LogP contribution in [0.3, 0.4) is 0 Å². The number of nitrogens with two attached hydrogens (primary N) is 1. The van der Waals surface area contributed by atoms with Crippen LogP contribution >= 0.6 is 11.6 Å². The number of likely N-dealkylation sites (N-methyl/N-ethyl adjacent to an activating group) is 2. The molecule has 1 fully saturated rings. The van der Waals surface area contributed by atoms with Crippen LogP contribution in [0, 0.1) is 0 Å². The second-order valence-corrected chi connectivity index (χ2v) is 8.37. The van der Waals surface area contributed by atoms with Gasteiger partial charge in [-0.1, -0.05) is 11.6 Å². The smallest absolute Gasteiger partial charge is 0.242 e. The van der Waals surface area contributed by atoms with E-state index in [1.54, 1.807) is 7.05 Å². The minimum Gasteiger partial charge on any atom is -0.398 e. The quantitative estimate of drug-likeness (QED) is 0.838. The number of rotatable bonds is 5. The Balaban J connectivity index is 2.24. The van der Waals surface area contributed by atoms with Crippen LogP contribution in [0.25, 0.3) is 0 Å².